The number of phenolic OH excluding ortho intramolecular Hbond substituents is 1. The fraction of sp³-hybridized carbons (Fsp3) is 0.111. The van der Waals surface area contributed by atoms with Crippen molar-refractivity contribution in [3.63, 3.8) is 0 Å². The average Bonchev–Trinajstić information content (AvgIpc) is 2.07. The maximum Gasteiger partial charge on any atom is 0.123 e. The summed E-state index contributed by atoms with van der Waals surface area (Å²) >= 11 is 0. The first-order chi connectivity index (χ1) is 5.79. The number of aromatic hydroxyl groups is 1. The number of hydrogen-bond donors (Lipinski definition) is 3. The lowest BCUT2D eigenvalue weighted by Crippen LogP contribution is -2.27. The van der Waals surface area contributed by atoms with Crippen LogP contribution in [0.4, 0.5) is 0 Å². The molecule has 1 atom stereocenters. The van der Waals surface area contributed by atoms with Gasteiger partial charge < -0.3 is 16.2 Å². The van der Waals surface area contributed by atoms with Crippen molar-refractivity contribution < 1.29 is 5.11 Å². The molecule has 1 aliphatic rings. The summed E-state index contributed by atoms with van der Waals surface area (Å²) < 4.78 is 0. The summed E-state index contributed by atoms with van der Waals surface area (Å²) in [6, 6.07) is 6.12. The van der Waals surface area contributed by atoms with E-state index in [4.69, 9.17) is 5.73 Å². The SMILES string of the molecule is NC1NC=Cc2c(O)c[c]cc21. The minimum Gasteiger partial charge on any atom is -0.507 e. The first kappa shape index (κ1) is 7.18. The van der Waals surface area contributed by atoms with Crippen LogP contribution >= 0.6 is 0 Å². The third-order valence-corrected chi connectivity index (χ3v) is 1.91. The Balaban J connectivity index is 2.61. The molecule has 0 bridgehead atoms. The Morgan fingerprint density at radius 3 is 3.08 bits per heavy atom. The molecule has 0 amide bonds. The van der Waals surface area contributed by atoms with Gasteiger partial charge in [0.1, 0.15) is 11.9 Å². The van der Waals surface area contributed by atoms with E-state index in [1.165, 1.54) is 6.07 Å². The molecule has 0 aromatic heterocycles. The molecule has 0 saturated carbocycles. The highest BCUT2D eigenvalue weighted by Crippen LogP contribution is 2.27. The van der Waals surface area contributed by atoms with Gasteiger partial charge in [-0.25, -0.2) is 0 Å². The van der Waals surface area contributed by atoms with E-state index in [9.17, 15) is 5.11 Å². The largest absolute Gasteiger partial charge is 0.507 e. The Morgan fingerprint density at radius 1 is 1.50 bits per heavy atom. The van der Waals surface area contributed by atoms with E-state index in [-0.39, 0.29) is 11.9 Å². The molecule has 1 unspecified atom stereocenters. The second-order valence-corrected chi connectivity index (χ2v) is 2.69. The van der Waals surface area contributed by atoms with Gasteiger partial charge in [0.2, 0.25) is 0 Å². The lowest BCUT2D eigenvalue weighted by Gasteiger charge is -2.19. The van der Waals surface area contributed by atoms with E-state index in [0.717, 1.165) is 11.1 Å². The second kappa shape index (κ2) is 2.53. The van der Waals surface area contributed by atoms with Gasteiger partial charge in [-0.15, -0.1) is 0 Å². The average molecular weight is 161 g/mol. The van der Waals surface area contributed by atoms with E-state index in [2.05, 4.69) is 11.4 Å². The number of rotatable bonds is 0. The van der Waals surface area contributed by atoms with Crippen molar-refractivity contribution in [1.82, 2.24) is 5.32 Å². The number of hydrogen-bond acceptors (Lipinski definition) is 3. The molecule has 1 aliphatic heterocycles. The van der Waals surface area contributed by atoms with E-state index in [1.54, 1.807) is 18.3 Å². The number of fused-ring (bicyclic) bond motifs is 1. The number of phenols is 1. The molecule has 0 aliphatic carbocycles. The fourth-order valence-corrected chi connectivity index (χ4v) is 1.28. The van der Waals surface area contributed by atoms with Crippen molar-refractivity contribution in [2.75, 3.05) is 0 Å². The second-order valence-electron chi connectivity index (χ2n) is 2.69. The third-order valence-electron chi connectivity index (χ3n) is 1.91. The molecule has 12 heavy (non-hydrogen) atoms. The van der Waals surface area contributed by atoms with E-state index >= 15 is 0 Å². The zero-order valence-electron chi connectivity index (χ0n) is 6.41. The van der Waals surface area contributed by atoms with Crippen molar-refractivity contribution in [1.29, 1.82) is 0 Å². The van der Waals surface area contributed by atoms with Gasteiger partial charge in [0, 0.05) is 11.1 Å². The molecule has 61 valence electrons. The molecular formula is C9H9N2O. The summed E-state index contributed by atoms with van der Waals surface area (Å²) in [5.74, 6) is 0.223. The van der Waals surface area contributed by atoms with E-state index < -0.39 is 0 Å². The van der Waals surface area contributed by atoms with Gasteiger partial charge in [-0.2, -0.15) is 0 Å². The van der Waals surface area contributed by atoms with Crippen LogP contribution in [0.25, 0.3) is 6.08 Å². The predicted octanol–water partition coefficient (Wildman–Crippen LogP) is 0.724. The monoisotopic (exact) mass is 161 g/mol. The van der Waals surface area contributed by atoms with Crippen LogP contribution in [0.5, 0.6) is 5.75 Å². The Hall–Kier alpha value is -1.48. The molecule has 1 aromatic rings. The van der Waals surface area contributed by atoms with Crippen LogP contribution in [0.3, 0.4) is 0 Å². The van der Waals surface area contributed by atoms with Gasteiger partial charge in [-0.1, -0.05) is 0 Å². The summed E-state index contributed by atoms with van der Waals surface area (Å²) in [4.78, 5) is 0. The zero-order chi connectivity index (χ0) is 8.55. The predicted molar refractivity (Wildman–Crippen MR) is 46.0 cm³/mol. The molecular weight excluding hydrogens is 152 g/mol. The van der Waals surface area contributed by atoms with Crippen LogP contribution in [0.1, 0.15) is 17.3 Å². The quantitative estimate of drug-likeness (QED) is 0.525. The number of nitrogens with one attached hydrogen (secondary N) is 1. The molecule has 1 aromatic carbocycles. The lowest BCUT2D eigenvalue weighted by atomic mass is 10.0. The van der Waals surface area contributed by atoms with Crippen molar-refractivity contribution in [3.05, 3.63) is 35.5 Å². The van der Waals surface area contributed by atoms with Crippen molar-refractivity contribution >= 4 is 6.08 Å². The summed E-state index contributed by atoms with van der Waals surface area (Å²) in [7, 11) is 0. The summed E-state index contributed by atoms with van der Waals surface area (Å²) in [5.41, 5.74) is 7.37. The maximum atomic E-state index is 9.41. The highest BCUT2D eigenvalue weighted by molar-refractivity contribution is 5.62. The summed E-state index contributed by atoms with van der Waals surface area (Å²) in [5, 5.41) is 12.3. The van der Waals surface area contributed by atoms with Crippen molar-refractivity contribution in [2.45, 2.75) is 6.17 Å². The van der Waals surface area contributed by atoms with Gasteiger partial charge in [0.05, 0.1) is 0 Å². The topological polar surface area (TPSA) is 58.3 Å². The van der Waals surface area contributed by atoms with Crippen LogP contribution in [-0.2, 0) is 0 Å². The molecule has 1 heterocycles. The van der Waals surface area contributed by atoms with Crippen LogP contribution in [0, 0.1) is 6.07 Å². The Bertz CT molecular complexity index is 333. The van der Waals surface area contributed by atoms with Gasteiger partial charge in [-0.05, 0) is 30.5 Å². The minimum absolute atomic E-state index is 0.223. The standard InChI is InChI=1S/C9H9N2O/c10-9-7-2-1-3-8(12)6(7)4-5-11-9/h2-5,9,11-12H,10H2. The van der Waals surface area contributed by atoms with Crippen molar-refractivity contribution in [2.24, 2.45) is 5.73 Å². The normalized spacial score (nSPS) is 19.9. The molecule has 3 heteroatoms. The zero-order valence-corrected chi connectivity index (χ0v) is 6.41. The maximum absolute atomic E-state index is 9.41. The minimum atomic E-state index is -0.242. The van der Waals surface area contributed by atoms with Crippen LogP contribution in [0.2, 0.25) is 0 Å². The van der Waals surface area contributed by atoms with E-state index in [1.807, 2.05) is 0 Å². The summed E-state index contributed by atoms with van der Waals surface area (Å²) in [6.07, 6.45) is 3.28. The highest BCUT2D eigenvalue weighted by Gasteiger charge is 2.13. The van der Waals surface area contributed by atoms with Crippen molar-refractivity contribution in [3.8, 4) is 5.75 Å². The molecule has 1 radical (unpaired) electrons. The Kier molecular flexibility index (Phi) is 1.52. The Morgan fingerprint density at radius 2 is 2.33 bits per heavy atom. The third kappa shape index (κ3) is 0.950. The van der Waals surface area contributed by atoms with Crippen LogP contribution < -0.4 is 11.1 Å². The smallest absolute Gasteiger partial charge is 0.123 e. The molecule has 0 fully saturated rings. The fourth-order valence-electron chi connectivity index (χ4n) is 1.28. The van der Waals surface area contributed by atoms with Gasteiger partial charge in [0.15, 0.2) is 0 Å². The number of benzene rings is 1. The van der Waals surface area contributed by atoms with Crippen LogP contribution in [-0.4, -0.2) is 5.11 Å². The highest BCUT2D eigenvalue weighted by atomic mass is 16.3. The molecule has 0 spiro atoms. The van der Waals surface area contributed by atoms with E-state index in [0.29, 0.717) is 0 Å². The van der Waals surface area contributed by atoms with Gasteiger partial charge >= 0.3 is 0 Å². The first-order valence-electron chi connectivity index (χ1n) is 3.70. The van der Waals surface area contributed by atoms with Gasteiger partial charge in [0.25, 0.3) is 0 Å². The number of nitrogens with two attached hydrogens (primary N) is 1. The molecule has 0 saturated heterocycles. The first-order valence-corrected chi connectivity index (χ1v) is 3.70. The molecule has 4 N–H and O–H groups in total. The summed E-state index contributed by atoms with van der Waals surface area (Å²) in [6.45, 7) is 0. The Labute approximate surface area is 70.5 Å². The van der Waals surface area contributed by atoms with Crippen LogP contribution in [0.15, 0.2) is 18.3 Å². The van der Waals surface area contributed by atoms with Gasteiger partial charge in [-0.3, -0.25) is 0 Å². The molecule has 3 nitrogen and oxygen atoms in total. The molecule has 2 rings (SSSR count). The lowest BCUT2D eigenvalue weighted by molar-refractivity contribution is 0.470.